The molecule has 150 valence electrons. The molecule has 29 heavy (non-hydrogen) atoms. The summed E-state index contributed by atoms with van der Waals surface area (Å²) in [7, 11) is 1.32. The van der Waals surface area contributed by atoms with Crippen LogP contribution in [-0.2, 0) is 10.9 Å². The summed E-state index contributed by atoms with van der Waals surface area (Å²) in [5.74, 6) is -1.36. The van der Waals surface area contributed by atoms with Crippen molar-refractivity contribution >= 4 is 11.9 Å². The molecule has 0 saturated carbocycles. The summed E-state index contributed by atoms with van der Waals surface area (Å²) in [5, 5.41) is 0. The predicted octanol–water partition coefficient (Wildman–Crippen LogP) is 4.58. The number of hydrogen-bond acceptors (Lipinski definition) is 5. The van der Waals surface area contributed by atoms with Crippen LogP contribution in [0.5, 0.6) is 11.5 Å². The van der Waals surface area contributed by atoms with Crippen LogP contribution in [0.2, 0.25) is 0 Å². The van der Waals surface area contributed by atoms with Gasteiger partial charge in [0.15, 0.2) is 11.5 Å². The van der Waals surface area contributed by atoms with Crippen LogP contribution in [0.1, 0.15) is 26.3 Å². The van der Waals surface area contributed by atoms with Gasteiger partial charge in [0.2, 0.25) is 0 Å². The number of methoxy groups -OCH3 is 1. The molecule has 1 aliphatic carbocycles. The molecule has 0 unspecified atom stereocenters. The molecule has 0 aliphatic heterocycles. The second-order valence-corrected chi connectivity index (χ2v) is 5.97. The van der Waals surface area contributed by atoms with Gasteiger partial charge in [-0.15, -0.1) is 0 Å². The van der Waals surface area contributed by atoms with Gasteiger partial charge in [-0.3, -0.25) is 0 Å². The van der Waals surface area contributed by atoms with E-state index >= 15 is 0 Å². The van der Waals surface area contributed by atoms with Crippen LogP contribution in [0, 0.1) is 0 Å². The molecular formula is C21H15F3O5. The highest BCUT2D eigenvalue weighted by Crippen LogP contribution is 2.31. The largest absolute Gasteiger partial charge is 0.493 e. The number of halogens is 3. The number of alkyl halides is 3. The van der Waals surface area contributed by atoms with E-state index in [1.54, 1.807) is 24.3 Å². The highest BCUT2D eigenvalue weighted by atomic mass is 19.4. The summed E-state index contributed by atoms with van der Waals surface area (Å²) in [6.07, 6.45) is 1.96. The molecule has 3 rings (SSSR count). The first-order valence-electron chi connectivity index (χ1n) is 8.41. The molecule has 0 atom stereocenters. The van der Waals surface area contributed by atoms with Crippen LogP contribution >= 0.6 is 0 Å². The quantitative estimate of drug-likeness (QED) is 0.539. The van der Waals surface area contributed by atoms with Gasteiger partial charge in [-0.1, -0.05) is 12.2 Å². The second kappa shape index (κ2) is 8.22. The Labute approximate surface area is 164 Å². The SMILES string of the molecule is COc1cc(C(=O)OC2C=CC=C2)ccc1OC(=O)c1ccc(C(F)(F)F)cc1. The Hall–Kier alpha value is -3.55. The van der Waals surface area contributed by atoms with E-state index in [1.807, 2.05) is 0 Å². The van der Waals surface area contributed by atoms with Crippen LogP contribution in [-0.4, -0.2) is 25.2 Å². The first-order valence-corrected chi connectivity index (χ1v) is 8.41. The highest BCUT2D eigenvalue weighted by Gasteiger charge is 2.30. The van der Waals surface area contributed by atoms with E-state index in [4.69, 9.17) is 14.2 Å². The van der Waals surface area contributed by atoms with Gasteiger partial charge < -0.3 is 14.2 Å². The molecule has 0 heterocycles. The zero-order chi connectivity index (χ0) is 21.0. The Morgan fingerprint density at radius 1 is 0.862 bits per heavy atom. The Balaban J connectivity index is 1.73. The maximum atomic E-state index is 12.6. The molecular weight excluding hydrogens is 389 g/mol. The summed E-state index contributed by atoms with van der Waals surface area (Å²) < 4.78 is 53.5. The summed E-state index contributed by atoms with van der Waals surface area (Å²) in [5.41, 5.74) is -0.755. The fourth-order valence-electron chi connectivity index (χ4n) is 2.51. The summed E-state index contributed by atoms with van der Waals surface area (Å²) in [4.78, 5) is 24.4. The molecule has 5 nitrogen and oxygen atoms in total. The van der Waals surface area contributed by atoms with Gasteiger partial charge in [0, 0.05) is 0 Å². The van der Waals surface area contributed by atoms with Crippen molar-refractivity contribution in [2.45, 2.75) is 12.3 Å². The number of hydrogen-bond donors (Lipinski definition) is 0. The minimum absolute atomic E-state index is 0.00889. The Bertz CT molecular complexity index is 963. The number of benzene rings is 2. The zero-order valence-electron chi connectivity index (χ0n) is 15.1. The third kappa shape index (κ3) is 4.84. The standard InChI is InChI=1S/C21H15F3O5/c1-27-18-12-14(20(26)28-16-4-2-3-5-16)8-11-17(18)29-19(25)13-6-9-15(10-7-13)21(22,23)24/h2-12,16H,1H3. The van der Waals surface area contributed by atoms with Crippen LogP contribution in [0.25, 0.3) is 0 Å². The molecule has 0 aromatic heterocycles. The van der Waals surface area contributed by atoms with Gasteiger partial charge >= 0.3 is 18.1 Å². The van der Waals surface area contributed by atoms with Gasteiger partial charge in [0.25, 0.3) is 0 Å². The number of rotatable bonds is 5. The van der Waals surface area contributed by atoms with Gasteiger partial charge in [-0.2, -0.15) is 13.2 Å². The monoisotopic (exact) mass is 404 g/mol. The van der Waals surface area contributed by atoms with Crippen LogP contribution in [0.4, 0.5) is 13.2 Å². The first kappa shape index (κ1) is 20.2. The average molecular weight is 404 g/mol. The maximum absolute atomic E-state index is 12.6. The number of carbonyl (C=O) groups excluding carboxylic acids is 2. The van der Waals surface area contributed by atoms with Crippen molar-refractivity contribution in [3.05, 3.63) is 83.5 Å². The third-order valence-electron chi connectivity index (χ3n) is 4.01. The van der Waals surface area contributed by atoms with Gasteiger partial charge in [0.05, 0.1) is 23.8 Å². The van der Waals surface area contributed by atoms with Gasteiger partial charge in [0.1, 0.15) is 6.10 Å². The van der Waals surface area contributed by atoms with E-state index < -0.39 is 29.8 Å². The van der Waals surface area contributed by atoms with E-state index in [0.29, 0.717) is 0 Å². The molecule has 0 saturated heterocycles. The fraction of sp³-hybridized carbons (Fsp3) is 0.143. The van der Waals surface area contributed by atoms with Crippen molar-refractivity contribution < 1.29 is 37.0 Å². The van der Waals surface area contributed by atoms with E-state index in [-0.39, 0.29) is 22.6 Å². The normalized spacial score (nSPS) is 13.4. The van der Waals surface area contributed by atoms with Crippen molar-refractivity contribution in [2.24, 2.45) is 0 Å². The highest BCUT2D eigenvalue weighted by molar-refractivity contribution is 5.93. The molecule has 1 aliphatic rings. The summed E-state index contributed by atoms with van der Waals surface area (Å²) in [6, 6.07) is 7.70. The summed E-state index contributed by atoms with van der Waals surface area (Å²) >= 11 is 0. The predicted molar refractivity (Wildman–Crippen MR) is 96.9 cm³/mol. The lowest BCUT2D eigenvalue weighted by molar-refractivity contribution is -0.137. The number of esters is 2. The van der Waals surface area contributed by atoms with E-state index in [9.17, 15) is 22.8 Å². The molecule has 0 fully saturated rings. The number of carbonyl (C=O) groups is 2. The Kier molecular flexibility index (Phi) is 5.72. The summed E-state index contributed by atoms with van der Waals surface area (Å²) in [6.45, 7) is 0. The second-order valence-electron chi connectivity index (χ2n) is 5.97. The van der Waals surface area contributed by atoms with E-state index in [1.165, 1.54) is 25.3 Å². The molecule has 0 N–H and O–H groups in total. The molecule has 2 aromatic carbocycles. The van der Waals surface area contributed by atoms with Crippen LogP contribution in [0.3, 0.4) is 0 Å². The Morgan fingerprint density at radius 3 is 2.07 bits per heavy atom. The van der Waals surface area contributed by atoms with Crippen molar-refractivity contribution in [3.63, 3.8) is 0 Å². The lowest BCUT2D eigenvalue weighted by atomic mass is 10.1. The number of ether oxygens (including phenoxy) is 3. The van der Waals surface area contributed by atoms with Crippen molar-refractivity contribution in [1.82, 2.24) is 0 Å². The average Bonchev–Trinajstić information content (AvgIpc) is 3.20. The lowest BCUT2D eigenvalue weighted by Gasteiger charge is -2.12. The fourth-order valence-corrected chi connectivity index (χ4v) is 2.51. The van der Waals surface area contributed by atoms with Crippen LogP contribution < -0.4 is 9.47 Å². The minimum atomic E-state index is -4.50. The van der Waals surface area contributed by atoms with E-state index in [2.05, 4.69) is 0 Å². The molecule has 0 spiro atoms. The van der Waals surface area contributed by atoms with Crippen molar-refractivity contribution in [2.75, 3.05) is 7.11 Å². The Morgan fingerprint density at radius 2 is 1.48 bits per heavy atom. The third-order valence-corrected chi connectivity index (χ3v) is 4.01. The lowest BCUT2D eigenvalue weighted by Crippen LogP contribution is -2.14. The molecule has 0 radical (unpaired) electrons. The molecule has 2 aromatic rings. The molecule has 0 amide bonds. The molecule has 0 bridgehead atoms. The smallest absolute Gasteiger partial charge is 0.416 e. The maximum Gasteiger partial charge on any atom is 0.416 e. The van der Waals surface area contributed by atoms with Crippen molar-refractivity contribution in [3.8, 4) is 11.5 Å². The minimum Gasteiger partial charge on any atom is -0.493 e. The molecule has 8 heteroatoms. The van der Waals surface area contributed by atoms with Crippen molar-refractivity contribution in [1.29, 1.82) is 0 Å². The zero-order valence-corrected chi connectivity index (χ0v) is 15.1. The first-order chi connectivity index (χ1) is 13.8. The van der Waals surface area contributed by atoms with Gasteiger partial charge in [-0.05, 0) is 54.6 Å². The topological polar surface area (TPSA) is 61.8 Å². The van der Waals surface area contributed by atoms with Gasteiger partial charge in [-0.25, -0.2) is 9.59 Å². The van der Waals surface area contributed by atoms with Crippen LogP contribution in [0.15, 0.2) is 66.8 Å². The number of allylic oxidation sites excluding steroid dienone is 2. The van der Waals surface area contributed by atoms with E-state index in [0.717, 1.165) is 24.3 Å².